The molecule has 49 heavy (non-hydrogen) atoms. The van der Waals surface area contributed by atoms with Crippen molar-refractivity contribution in [1.29, 1.82) is 0 Å². The molecule has 0 bridgehead atoms. The summed E-state index contributed by atoms with van der Waals surface area (Å²) >= 11 is 0. The molecule has 0 amide bonds. The van der Waals surface area contributed by atoms with E-state index in [1.165, 1.54) is 24.4 Å². The van der Waals surface area contributed by atoms with Gasteiger partial charge in [0.2, 0.25) is 5.78 Å². The maximum atomic E-state index is 12.0. The lowest BCUT2D eigenvalue weighted by atomic mass is 9.78. The Balaban J connectivity index is 0.000000195. The minimum Gasteiger partial charge on any atom is -0.478 e. The third-order valence-electron chi connectivity index (χ3n) is 8.01. The quantitative estimate of drug-likeness (QED) is 0.308. The predicted octanol–water partition coefficient (Wildman–Crippen LogP) is 3.32. The zero-order valence-corrected chi connectivity index (χ0v) is 27.7. The number of nitrogens with zero attached hydrogens (tertiary/aromatic N) is 2. The first-order chi connectivity index (χ1) is 22.9. The molecule has 1 aromatic rings. The Hall–Kier alpha value is -5.68. The molecule has 12 nitrogen and oxygen atoms in total. The van der Waals surface area contributed by atoms with Crippen molar-refractivity contribution in [1.82, 2.24) is 9.88 Å². The largest absolute Gasteiger partial charge is 0.478 e. The Morgan fingerprint density at radius 2 is 1.59 bits per heavy atom. The standard InChI is InChI=1S/C14H9NO4.C12H16O2.C10H11NO2.CO2/c1-6-4-8-9(5-6)12(16)13(17)11-10(8)7(14(18)19)2-3-15-11;1-8-5-10(12(2,3)4)9(7-13)6-11(8)14;1-6-3-7-8(4-9(6)12)11(2)5-10(7)13;2-1-3/h2-3,5H,4H2,1H3,(H,18,19);5-6,13H,1,7H2,2-4H3;3-4,10,13H,1,5H2,2H3;. The molecule has 0 spiro atoms. The third-order valence-corrected chi connectivity index (χ3v) is 8.01. The van der Waals surface area contributed by atoms with Gasteiger partial charge in [-0.25, -0.2) is 4.79 Å². The van der Waals surface area contributed by atoms with Gasteiger partial charge >= 0.3 is 12.1 Å². The van der Waals surface area contributed by atoms with Crippen molar-refractivity contribution in [2.24, 2.45) is 5.41 Å². The van der Waals surface area contributed by atoms with E-state index in [4.69, 9.17) is 14.7 Å². The van der Waals surface area contributed by atoms with Gasteiger partial charge in [0.05, 0.1) is 18.3 Å². The van der Waals surface area contributed by atoms with Crippen LogP contribution >= 0.6 is 0 Å². The molecule has 1 atom stereocenters. The molecule has 1 aromatic heterocycles. The number of aromatic nitrogens is 1. The molecule has 4 aliphatic carbocycles. The second kappa shape index (κ2) is 15.0. The van der Waals surface area contributed by atoms with Crippen LogP contribution in [0.2, 0.25) is 0 Å². The Morgan fingerprint density at radius 3 is 2.16 bits per heavy atom. The topological polar surface area (TPSA) is 196 Å². The van der Waals surface area contributed by atoms with E-state index in [0.717, 1.165) is 22.4 Å². The number of carboxylic acids is 1. The Bertz CT molecular complexity index is 1880. The molecule has 1 saturated heterocycles. The first-order valence-corrected chi connectivity index (χ1v) is 14.9. The molecule has 1 fully saturated rings. The number of Topliss-reactive ketones (excluding diaryl/α,β-unsaturated/α-hetero) is 2. The Kier molecular flexibility index (Phi) is 11.6. The number of ketones is 4. The van der Waals surface area contributed by atoms with Gasteiger partial charge in [-0.15, -0.1) is 0 Å². The number of aliphatic hydroxyl groups excluding tert-OH is 2. The van der Waals surface area contributed by atoms with Crippen molar-refractivity contribution in [3.63, 3.8) is 0 Å². The monoisotopic (exact) mass is 668 g/mol. The SMILES string of the molecule is C=C1C=C(C(C)(C)C)C(CO)=CC1=O.C=C1C=C2C(=CC1=O)N(C)CC2O.CC1=CC2=C(C1)c1c(C(=O)O)ccnc1C(=O)C2=O.O=C=O. The molecule has 0 saturated carbocycles. The minimum absolute atomic E-state index is 0.0152. The lowest BCUT2D eigenvalue weighted by molar-refractivity contribution is -0.191. The van der Waals surface area contributed by atoms with E-state index in [1.807, 2.05) is 39.6 Å². The fourth-order valence-corrected chi connectivity index (χ4v) is 5.71. The van der Waals surface area contributed by atoms with Gasteiger partial charge in [-0.3, -0.25) is 24.2 Å². The number of carbonyl (C=O) groups excluding carboxylic acids is 6. The van der Waals surface area contributed by atoms with E-state index in [2.05, 4.69) is 18.1 Å². The summed E-state index contributed by atoms with van der Waals surface area (Å²) < 4.78 is 0. The summed E-state index contributed by atoms with van der Waals surface area (Å²) in [6, 6.07) is 1.35. The first-order valence-electron chi connectivity index (χ1n) is 14.9. The number of likely N-dealkylation sites (N-methyl/N-ethyl adjacent to an activating group) is 1. The Morgan fingerprint density at radius 1 is 1.00 bits per heavy atom. The summed E-state index contributed by atoms with van der Waals surface area (Å²) in [5, 5.41) is 27.9. The van der Waals surface area contributed by atoms with Crippen molar-refractivity contribution in [2.75, 3.05) is 20.2 Å². The normalized spacial score (nSPS) is 19.2. The molecule has 254 valence electrons. The van der Waals surface area contributed by atoms with Crippen molar-refractivity contribution in [3.8, 4) is 0 Å². The summed E-state index contributed by atoms with van der Waals surface area (Å²) in [6.07, 6.45) is 9.59. The molecular weight excluding hydrogens is 632 g/mol. The second-order valence-corrected chi connectivity index (χ2v) is 12.6. The highest BCUT2D eigenvalue weighted by Gasteiger charge is 2.37. The van der Waals surface area contributed by atoms with Crippen LogP contribution in [-0.4, -0.2) is 86.8 Å². The number of fused-ring (bicyclic) bond motifs is 3. The number of rotatable bonds is 2. The molecule has 0 aromatic carbocycles. The van der Waals surface area contributed by atoms with E-state index in [-0.39, 0.29) is 41.0 Å². The fourth-order valence-electron chi connectivity index (χ4n) is 5.71. The number of carbonyl (C=O) groups is 5. The molecule has 2 heterocycles. The summed E-state index contributed by atoms with van der Waals surface area (Å²) in [5.74, 6) is -2.64. The number of likely N-dealkylation sites (tertiary alicyclic amines) is 1. The van der Waals surface area contributed by atoms with Gasteiger partial charge in [-0.05, 0) is 59.8 Å². The second-order valence-electron chi connectivity index (χ2n) is 12.6. The van der Waals surface area contributed by atoms with E-state index in [1.54, 1.807) is 18.2 Å². The molecule has 0 radical (unpaired) electrons. The van der Waals surface area contributed by atoms with Gasteiger partial charge in [-0.2, -0.15) is 9.59 Å². The van der Waals surface area contributed by atoms with Crippen molar-refractivity contribution in [2.45, 2.75) is 40.2 Å². The van der Waals surface area contributed by atoms with Gasteiger partial charge in [0.1, 0.15) is 5.69 Å². The summed E-state index contributed by atoms with van der Waals surface area (Å²) in [4.78, 5) is 79.8. The average Bonchev–Trinajstić information content (AvgIpc) is 3.55. The summed E-state index contributed by atoms with van der Waals surface area (Å²) in [6.45, 7) is 15.7. The molecule has 1 unspecified atom stereocenters. The van der Waals surface area contributed by atoms with Crippen LogP contribution in [0.1, 0.15) is 60.5 Å². The van der Waals surface area contributed by atoms with E-state index >= 15 is 0 Å². The molecule has 3 N–H and O–H groups in total. The fraction of sp³-hybridized carbons (Fsp3) is 0.270. The number of allylic oxidation sites excluding steroid dienone is 10. The minimum atomic E-state index is -1.13. The van der Waals surface area contributed by atoms with Crippen LogP contribution in [0.5, 0.6) is 0 Å². The smallest absolute Gasteiger partial charge is 0.373 e. The number of pyridine rings is 1. The van der Waals surface area contributed by atoms with Crippen LogP contribution in [0, 0.1) is 5.41 Å². The number of carboxylic acid groups (broad SMARTS) is 1. The summed E-state index contributed by atoms with van der Waals surface area (Å²) in [7, 11) is 1.86. The van der Waals surface area contributed by atoms with E-state index < -0.39 is 23.6 Å². The zero-order valence-electron chi connectivity index (χ0n) is 27.7. The van der Waals surface area contributed by atoms with E-state index in [9.17, 15) is 34.2 Å². The highest BCUT2D eigenvalue weighted by atomic mass is 16.4. The molecule has 1 aliphatic heterocycles. The molecule has 5 aliphatic rings. The van der Waals surface area contributed by atoms with E-state index in [0.29, 0.717) is 46.4 Å². The highest BCUT2D eigenvalue weighted by molar-refractivity contribution is 6.53. The third kappa shape index (κ3) is 8.07. The van der Waals surface area contributed by atoms with Crippen molar-refractivity contribution < 1.29 is 48.9 Å². The highest BCUT2D eigenvalue weighted by Crippen LogP contribution is 2.40. The predicted molar refractivity (Wildman–Crippen MR) is 177 cm³/mol. The van der Waals surface area contributed by atoms with Crippen LogP contribution in [0.15, 0.2) is 101 Å². The molecular formula is C37H36N2O10. The number of aromatic carboxylic acids is 1. The van der Waals surface area contributed by atoms with Crippen LogP contribution < -0.4 is 0 Å². The van der Waals surface area contributed by atoms with Crippen LogP contribution in [0.3, 0.4) is 0 Å². The van der Waals surface area contributed by atoms with Crippen LogP contribution in [-0.2, 0) is 24.0 Å². The molecule has 12 heteroatoms. The zero-order chi connectivity index (χ0) is 37.0. The number of β-amino-alcohol motifs (C(OH)–C–C–N with tert-alkyl or cyclic N) is 1. The van der Waals surface area contributed by atoms with Gasteiger partial charge in [0.15, 0.2) is 11.6 Å². The number of aliphatic hydroxyl groups is 2. The lowest BCUT2D eigenvalue weighted by Gasteiger charge is -2.27. The van der Waals surface area contributed by atoms with Crippen LogP contribution in [0.4, 0.5) is 0 Å². The number of hydrogen-bond donors (Lipinski definition) is 3. The molecule has 6 rings (SSSR count). The summed E-state index contributed by atoms with van der Waals surface area (Å²) in [5.41, 5.74) is 6.30. The first kappa shape index (κ1) is 37.8. The Labute approximate surface area is 282 Å². The van der Waals surface area contributed by atoms with Gasteiger partial charge < -0.3 is 20.2 Å². The van der Waals surface area contributed by atoms with Gasteiger partial charge in [-0.1, -0.05) is 45.6 Å². The van der Waals surface area contributed by atoms with Crippen LogP contribution in [0.25, 0.3) is 5.57 Å². The maximum Gasteiger partial charge on any atom is 0.373 e. The van der Waals surface area contributed by atoms with Gasteiger partial charge in [0, 0.05) is 59.4 Å². The van der Waals surface area contributed by atoms with Gasteiger partial charge in [0.25, 0.3) is 5.78 Å². The lowest BCUT2D eigenvalue weighted by Crippen LogP contribution is -2.25. The average molecular weight is 669 g/mol. The van der Waals surface area contributed by atoms with Crippen molar-refractivity contribution in [3.05, 3.63) is 117 Å². The van der Waals surface area contributed by atoms with Crippen molar-refractivity contribution >= 4 is 40.8 Å². The maximum absolute atomic E-state index is 12.0. The number of hydrogen-bond acceptors (Lipinski definition) is 11.